The fraction of sp³-hybridized carbons (Fsp3) is 0.100. The highest BCUT2D eigenvalue weighted by Gasteiger charge is 2.13. The van der Waals surface area contributed by atoms with Crippen molar-refractivity contribution < 1.29 is 4.79 Å². The molecule has 0 amide bonds. The Balaban J connectivity index is 1.48. The Morgan fingerprint density at radius 2 is 2.04 bits per heavy atom. The second-order valence-electron chi connectivity index (χ2n) is 6.01. The van der Waals surface area contributed by atoms with Gasteiger partial charge in [0.2, 0.25) is 0 Å². The first-order valence-corrected chi connectivity index (χ1v) is 8.25. The first-order chi connectivity index (χ1) is 12.7. The summed E-state index contributed by atoms with van der Waals surface area (Å²) in [4.78, 5) is 19.8. The number of H-pyrrole nitrogens is 2. The maximum absolute atomic E-state index is 12.5. The molecule has 0 saturated carbocycles. The standard InChI is InChI=1S/C20H15N5O/c21-11-14-5-3-13(4-6-14)7-8-18(26)15-10-17(23-12-15)19-16-2-1-9-22-20(16)25-24-19/h1-6,9-10,12,23H,7-8H2,(H,22,24,25). The van der Waals surface area contributed by atoms with E-state index < -0.39 is 0 Å². The zero-order valence-corrected chi connectivity index (χ0v) is 13.9. The number of hydrogen-bond donors (Lipinski definition) is 2. The number of benzene rings is 1. The summed E-state index contributed by atoms with van der Waals surface area (Å²) >= 11 is 0. The number of carbonyl (C=O) groups is 1. The number of carbonyl (C=O) groups excluding carboxylic acids is 1. The Morgan fingerprint density at radius 1 is 1.19 bits per heavy atom. The van der Waals surface area contributed by atoms with Gasteiger partial charge in [0.25, 0.3) is 0 Å². The van der Waals surface area contributed by atoms with Crippen molar-refractivity contribution in [1.29, 1.82) is 5.26 Å². The molecule has 6 heteroatoms. The molecule has 1 aromatic carbocycles. The fourth-order valence-electron chi connectivity index (χ4n) is 2.90. The van der Waals surface area contributed by atoms with Crippen molar-refractivity contribution in [2.75, 3.05) is 0 Å². The smallest absolute Gasteiger partial charge is 0.181 e. The lowest BCUT2D eigenvalue weighted by atomic mass is 10.0. The Bertz CT molecular complexity index is 1120. The Kier molecular flexibility index (Phi) is 4.04. The van der Waals surface area contributed by atoms with Gasteiger partial charge in [-0.1, -0.05) is 12.1 Å². The molecule has 2 N–H and O–H groups in total. The SMILES string of the molecule is N#Cc1ccc(CCC(=O)c2c[nH]c(-c3[nH]nc4ncccc34)c2)cc1. The second kappa shape index (κ2) is 6.65. The van der Waals surface area contributed by atoms with Crippen molar-refractivity contribution in [3.63, 3.8) is 0 Å². The Hall–Kier alpha value is -3.72. The van der Waals surface area contributed by atoms with Crippen LogP contribution in [0.4, 0.5) is 0 Å². The van der Waals surface area contributed by atoms with Crippen LogP contribution in [0.25, 0.3) is 22.4 Å². The van der Waals surface area contributed by atoms with E-state index in [-0.39, 0.29) is 5.78 Å². The predicted octanol–water partition coefficient (Wildman–Crippen LogP) is 3.64. The number of aryl methyl sites for hydroxylation is 1. The molecule has 4 rings (SSSR count). The van der Waals surface area contributed by atoms with Crippen LogP contribution < -0.4 is 0 Å². The number of nitriles is 1. The van der Waals surface area contributed by atoms with Crippen molar-refractivity contribution in [2.24, 2.45) is 0 Å². The fourth-order valence-corrected chi connectivity index (χ4v) is 2.90. The van der Waals surface area contributed by atoms with E-state index in [1.165, 1.54) is 0 Å². The minimum atomic E-state index is 0.0683. The third kappa shape index (κ3) is 2.98. The molecule has 0 radical (unpaired) electrons. The molecular formula is C20H15N5O. The van der Waals surface area contributed by atoms with Gasteiger partial charge in [0.15, 0.2) is 11.4 Å². The predicted molar refractivity (Wildman–Crippen MR) is 97.5 cm³/mol. The second-order valence-corrected chi connectivity index (χ2v) is 6.01. The van der Waals surface area contributed by atoms with Crippen LogP contribution >= 0.6 is 0 Å². The number of pyridine rings is 1. The summed E-state index contributed by atoms with van der Waals surface area (Å²) in [5.41, 5.74) is 4.57. The number of ketones is 1. The molecule has 0 unspecified atom stereocenters. The van der Waals surface area contributed by atoms with E-state index in [9.17, 15) is 4.79 Å². The summed E-state index contributed by atoms with van der Waals surface area (Å²) in [5, 5.41) is 16.9. The maximum atomic E-state index is 12.5. The number of hydrogen-bond acceptors (Lipinski definition) is 4. The van der Waals surface area contributed by atoms with Gasteiger partial charge >= 0.3 is 0 Å². The van der Waals surface area contributed by atoms with Gasteiger partial charge in [0, 0.05) is 29.8 Å². The maximum Gasteiger partial charge on any atom is 0.181 e. The summed E-state index contributed by atoms with van der Waals surface area (Å²) in [6, 6.07) is 15.0. The van der Waals surface area contributed by atoms with Gasteiger partial charge in [-0.05, 0) is 42.3 Å². The topological polar surface area (TPSA) is 98.2 Å². The van der Waals surface area contributed by atoms with Crippen molar-refractivity contribution in [3.05, 3.63) is 71.5 Å². The van der Waals surface area contributed by atoms with Gasteiger partial charge in [-0.3, -0.25) is 9.89 Å². The van der Waals surface area contributed by atoms with Crippen LogP contribution in [-0.4, -0.2) is 25.9 Å². The van der Waals surface area contributed by atoms with E-state index in [1.807, 2.05) is 30.3 Å². The van der Waals surface area contributed by atoms with Crippen LogP contribution in [-0.2, 0) is 6.42 Å². The number of nitrogens with one attached hydrogen (secondary N) is 2. The molecule has 126 valence electrons. The normalized spacial score (nSPS) is 10.7. The summed E-state index contributed by atoms with van der Waals surface area (Å²) in [7, 11) is 0. The number of fused-ring (bicyclic) bond motifs is 1. The highest BCUT2D eigenvalue weighted by molar-refractivity contribution is 5.98. The van der Waals surface area contributed by atoms with Crippen LogP contribution in [0.2, 0.25) is 0 Å². The molecule has 0 saturated heterocycles. The molecule has 26 heavy (non-hydrogen) atoms. The molecule has 4 aromatic rings. The third-order valence-corrected chi connectivity index (χ3v) is 4.33. The zero-order chi connectivity index (χ0) is 17.9. The number of rotatable bonds is 5. The zero-order valence-electron chi connectivity index (χ0n) is 13.9. The molecular weight excluding hydrogens is 326 g/mol. The monoisotopic (exact) mass is 341 g/mol. The number of Topliss-reactive ketones (excluding diaryl/α,β-unsaturated/α-hetero) is 1. The van der Waals surface area contributed by atoms with E-state index in [0.717, 1.165) is 22.3 Å². The van der Waals surface area contributed by atoms with Gasteiger partial charge in [0.1, 0.15) is 0 Å². The minimum absolute atomic E-state index is 0.0683. The molecule has 0 aliphatic rings. The van der Waals surface area contributed by atoms with Gasteiger partial charge < -0.3 is 4.98 Å². The van der Waals surface area contributed by atoms with Crippen molar-refractivity contribution in [1.82, 2.24) is 20.2 Å². The number of aromatic nitrogens is 4. The Morgan fingerprint density at radius 3 is 2.85 bits per heavy atom. The summed E-state index contributed by atoms with van der Waals surface area (Å²) in [6.07, 6.45) is 4.47. The number of nitrogens with zero attached hydrogens (tertiary/aromatic N) is 3. The summed E-state index contributed by atoms with van der Waals surface area (Å²) in [6.45, 7) is 0. The van der Waals surface area contributed by atoms with Crippen LogP contribution in [0.3, 0.4) is 0 Å². The van der Waals surface area contributed by atoms with Gasteiger partial charge in [-0.25, -0.2) is 4.98 Å². The largest absolute Gasteiger partial charge is 0.359 e. The van der Waals surface area contributed by atoms with Gasteiger partial charge in [0.05, 0.1) is 23.0 Å². The van der Waals surface area contributed by atoms with Crippen LogP contribution in [0.1, 0.15) is 27.9 Å². The van der Waals surface area contributed by atoms with E-state index in [4.69, 9.17) is 5.26 Å². The summed E-state index contributed by atoms with van der Waals surface area (Å²) < 4.78 is 0. The first kappa shape index (κ1) is 15.8. The highest BCUT2D eigenvalue weighted by Crippen LogP contribution is 2.25. The van der Waals surface area contributed by atoms with E-state index in [1.54, 1.807) is 24.5 Å². The number of aromatic amines is 2. The molecule has 0 bridgehead atoms. The quantitative estimate of drug-likeness (QED) is 0.541. The lowest BCUT2D eigenvalue weighted by Crippen LogP contribution is -1.99. The Labute approximate surface area is 149 Å². The first-order valence-electron chi connectivity index (χ1n) is 8.25. The average Bonchev–Trinajstić information content (AvgIpc) is 3.33. The van der Waals surface area contributed by atoms with E-state index >= 15 is 0 Å². The van der Waals surface area contributed by atoms with Gasteiger partial charge in [-0.2, -0.15) is 10.4 Å². The molecule has 3 aromatic heterocycles. The van der Waals surface area contributed by atoms with E-state index in [0.29, 0.717) is 29.6 Å². The van der Waals surface area contributed by atoms with E-state index in [2.05, 4.69) is 26.2 Å². The minimum Gasteiger partial charge on any atom is -0.359 e. The van der Waals surface area contributed by atoms with Crippen molar-refractivity contribution in [3.8, 4) is 17.5 Å². The molecule has 0 aliphatic heterocycles. The highest BCUT2D eigenvalue weighted by atomic mass is 16.1. The summed E-state index contributed by atoms with van der Waals surface area (Å²) in [5.74, 6) is 0.0683. The lowest BCUT2D eigenvalue weighted by Gasteiger charge is -2.00. The van der Waals surface area contributed by atoms with Crippen molar-refractivity contribution >= 4 is 16.8 Å². The molecule has 0 spiro atoms. The average molecular weight is 341 g/mol. The molecule has 0 aliphatic carbocycles. The molecule has 0 atom stereocenters. The molecule has 6 nitrogen and oxygen atoms in total. The van der Waals surface area contributed by atoms with Crippen molar-refractivity contribution in [2.45, 2.75) is 12.8 Å². The molecule has 0 fully saturated rings. The van der Waals surface area contributed by atoms with Crippen LogP contribution in [0, 0.1) is 11.3 Å². The molecule has 3 heterocycles. The van der Waals surface area contributed by atoms with Gasteiger partial charge in [-0.15, -0.1) is 0 Å². The van der Waals surface area contributed by atoms with Crippen LogP contribution in [0.15, 0.2) is 54.9 Å². The van der Waals surface area contributed by atoms with Crippen LogP contribution in [0.5, 0.6) is 0 Å². The lowest BCUT2D eigenvalue weighted by molar-refractivity contribution is 0.0983. The third-order valence-electron chi connectivity index (χ3n) is 4.33.